The van der Waals surface area contributed by atoms with Crippen molar-refractivity contribution in [3.05, 3.63) is 58.3 Å². The van der Waals surface area contributed by atoms with Crippen LogP contribution in [0, 0.1) is 11.7 Å². The standard InChI is InChI=1S/C20H21BrFN3O4S/c1-29-19-7-2-16(21)12-15(19)13-23-24-20(26)14-8-10-25(11-9-14)30(27,28)18-5-3-17(22)4-6-18/h2-7,12-14H,8-11H2,1H3,(H,24,26)/b23-13-. The van der Waals surface area contributed by atoms with Crippen LogP contribution >= 0.6 is 15.9 Å². The van der Waals surface area contributed by atoms with Gasteiger partial charge in [0.05, 0.1) is 18.2 Å². The van der Waals surface area contributed by atoms with Crippen LogP contribution in [0.3, 0.4) is 0 Å². The molecule has 0 aromatic heterocycles. The van der Waals surface area contributed by atoms with Gasteiger partial charge in [-0.2, -0.15) is 9.41 Å². The molecule has 0 spiro atoms. The van der Waals surface area contributed by atoms with Crippen molar-refractivity contribution in [3.63, 3.8) is 0 Å². The average Bonchev–Trinajstić information content (AvgIpc) is 2.74. The van der Waals surface area contributed by atoms with E-state index in [0.717, 1.165) is 16.6 Å². The van der Waals surface area contributed by atoms with Gasteiger partial charge in [-0.1, -0.05) is 15.9 Å². The van der Waals surface area contributed by atoms with Crippen molar-refractivity contribution in [1.29, 1.82) is 0 Å². The maximum absolute atomic E-state index is 13.1. The molecule has 160 valence electrons. The van der Waals surface area contributed by atoms with E-state index in [1.165, 1.54) is 22.7 Å². The van der Waals surface area contributed by atoms with Crippen molar-refractivity contribution in [2.75, 3.05) is 20.2 Å². The van der Waals surface area contributed by atoms with E-state index >= 15 is 0 Å². The van der Waals surface area contributed by atoms with Crippen LogP contribution in [0.1, 0.15) is 18.4 Å². The first-order valence-electron chi connectivity index (χ1n) is 9.23. The van der Waals surface area contributed by atoms with Crippen LogP contribution < -0.4 is 10.2 Å². The number of nitrogens with one attached hydrogen (secondary N) is 1. The molecule has 2 aromatic carbocycles. The lowest BCUT2D eigenvalue weighted by molar-refractivity contribution is -0.126. The number of sulfonamides is 1. The van der Waals surface area contributed by atoms with Gasteiger partial charge < -0.3 is 4.74 Å². The van der Waals surface area contributed by atoms with E-state index in [0.29, 0.717) is 24.2 Å². The number of hydrogen-bond acceptors (Lipinski definition) is 5. The Kier molecular flexibility index (Phi) is 7.22. The van der Waals surface area contributed by atoms with Gasteiger partial charge in [0.2, 0.25) is 15.9 Å². The average molecular weight is 498 g/mol. The molecule has 1 heterocycles. The highest BCUT2D eigenvalue weighted by molar-refractivity contribution is 9.10. The molecule has 1 aliphatic heterocycles. The summed E-state index contributed by atoms with van der Waals surface area (Å²) in [7, 11) is -2.16. The summed E-state index contributed by atoms with van der Waals surface area (Å²) >= 11 is 3.37. The number of carbonyl (C=O) groups is 1. The lowest BCUT2D eigenvalue weighted by Gasteiger charge is -2.30. The van der Waals surface area contributed by atoms with Crippen LogP contribution in [0.15, 0.2) is 56.9 Å². The number of amides is 1. The van der Waals surface area contributed by atoms with Crippen molar-refractivity contribution < 1.29 is 22.3 Å². The number of piperidine rings is 1. The molecule has 1 N–H and O–H groups in total. The van der Waals surface area contributed by atoms with Gasteiger partial charge in [0.25, 0.3) is 0 Å². The molecule has 1 fully saturated rings. The Morgan fingerprint density at radius 1 is 1.23 bits per heavy atom. The summed E-state index contributed by atoms with van der Waals surface area (Å²) in [5, 5.41) is 4.00. The first kappa shape index (κ1) is 22.4. The summed E-state index contributed by atoms with van der Waals surface area (Å²) in [6.45, 7) is 0.419. The zero-order valence-corrected chi connectivity index (χ0v) is 18.6. The Bertz CT molecular complexity index is 1040. The van der Waals surface area contributed by atoms with Gasteiger partial charge in [0.15, 0.2) is 0 Å². The molecule has 0 bridgehead atoms. The van der Waals surface area contributed by atoms with Gasteiger partial charge in [-0.05, 0) is 55.3 Å². The molecule has 3 rings (SSSR count). The number of halogens is 2. The third-order valence-corrected chi connectivity index (χ3v) is 7.25. The Labute approximate surface area is 183 Å². The van der Waals surface area contributed by atoms with Gasteiger partial charge in [-0.3, -0.25) is 4.79 Å². The van der Waals surface area contributed by atoms with Gasteiger partial charge in [0.1, 0.15) is 11.6 Å². The summed E-state index contributed by atoms with van der Waals surface area (Å²) in [4.78, 5) is 12.4. The molecule has 1 aliphatic rings. The SMILES string of the molecule is COc1ccc(Br)cc1/C=N\NC(=O)C1CCN(S(=O)(=O)c2ccc(F)cc2)CC1. The Morgan fingerprint density at radius 2 is 1.90 bits per heavy atom. The number of nitrogens with zero attached hydrogens (tertiary/aromatic N) is 2. The van der Waals surface area contributed by atoms with Crippen LogP contribution in [0.2, 0.25) is 0 Å². The normalized spacial score (nSPS) is 16.0. The fourth-order valence-corrected chi connectivity index (χ4v) is 5.03. The zero-order valence-electron chi connectivity index (χ0n) is 16.2. The van der Waals surface area contributed by atoms with Crippen LogP contribution in [0.25, 0.3) is 0 Å². The molecule has 30 heavy (non-hydrogen) atoms. The minimum Gasteiger partial charge on any atom is -0.496 e. The maximum atomic E-state index is 13.1. The lowest BCUT2D eigenvalue weighted by Crippen LogP contribution is -2.42. The summed E-state index contributed by atoms with van der Waals surface area (Å²) in [5.41, 5.74) is 3.21. The van der Waals surface area contributed by atoms with E-state index in [4.69, 9.17) is 4.74 Å². The van der Waals surface area contributed by atoms with E-state index in [1.54, 1.807) is 13.2 Å². The molecule has 1 amide bonds. The van der Waals surface area contributed by atoms with Crippen molar-refractivity contribution in [1.82, 2.24) is 9.73 Å². The van der Waals surface area contributed by atoms with E-state index in [-0.39, 0.29) is 29.8 Å². The summed E-state index contributed by atoms with van der Waals surface area (Å²) in [6.07, 6.45) is 2.25. The van der Waals surface area contributed by atoms with Crippen molar-refractivity contribution >= 4 is 38.1 Å². The largest absolute Gasteiger partial charge is 0.496 e. The van der Waals surface area contributed by atoms with E-state index < -0.39 is 15.8 Å². The van der Waals surface area contributed by atoms with Gasteiger partial charge in [-0.15, -0.1) is 0 Å². The topological polar surface area (TPSA) is 88.1 Å². The molecular weight excluding hydrogens is 477 g/mol. The second kappa shape index (κ2) is 9.67. The van der Waals surface area contributed by atoms with Crippen molar-refractivity contribution in [2.24, 2.45) is 11.0 Å². The number of methoxy groups -OCH3 is 1. The summed E-state index contributed by atoms with van der Waals surface area (Å²) in [5.74, 6) is -0.480. The number of rotatable bonds is 6. The maximum Gasteiger partial charge on any atom is 0.243 e. The Balaban J connectivity index is 1.57. The monoisotopic (exact) mass is 497 g/mol. The van der Waals surface area contributed by atoms with E-state index in [9.17, 15) is 17.6 Å². The second-order valence-corrected chi connectivity index (χ2v) is 9.61. The lowest BCUT2D eigenvalue weighted by atomic mass is 9.98. The molecule has 0 atom stereocenters. The number of benzene rings is 2. The highest BCUT2D eigenvalue weighted by Crippen LogP contribution is 2.24. The van der Waals surface area contributed by atoms with Crippen molar-refractivity contribution in [2.45, 2.75) is 17.7 Å². The molecule has 7 nitrogen and oxygen atoms in total. The highest BCUT2D eigenvalue weighted by atomic mass is 79.9. The number of hydrazone groups is 1. The highest BCUT2D eigenvalue weighted by Gasteiger charge is 2.32. The molecule has 10 heteroatoms. The summed E-state index contributed by atoms with van der Waals surface area (Å²) < 4.78 is 45.8. The summed E-state index contributed by atoms with van der Waals surface area (Å²) in [6, 6.07) is 10.2. The fourth-order valence-electron chi connectivity index (χ4n) is 3.18. The van der Waals surface area contributed by atoms with E-state index in [2.05, 4.69) is 26.5 Å². The van der Waals surface area contributed by atoms with Gasteiger partial charge >= 0.3 is 0 Å². The molecule has 2 aromatic rings. The minimum absolute atomic E-state index is 0.0411. The second-order valence-electron chi connectivity index (χ2n) is 6.75. The van der Waals surface area contributed by atoms with Crippen LogP contribution in [-0.2, 0) is 14.8 Å². The molecule has 0 saturated carbocycles. The van der Waals surface area contributed by atoms with Gasteiger partial charge in [0, 0.05) is 29.0 Å². The Morgan fingerprint density at radius 3 is 2.53 bits per heavy atom. The zero-order chi connectivity index (χ0) is 21.7. The van der Waals surface area contributed by atoms with Crippen LogP contribution in [0.5, 0.6) is 5.75 Å². The number of carbonyl (C=O) groups excluding carboxylic acids is 1. The molecule has 0 radical (unpaired) electrons. The predicted octanol–water partition coefficient (Wildman–Crippen LogP) is 3.15. The van der Waals surface area contributed by atoms with Crippen LogP contribution in [-0.4, -0.2) is 45.0 Å². The molecule has 1 saturated heterocycles. The number of hydrogen-bond donors (Lipinski definition) is 1. The first-order valence-corrected chi connectivity index (χ1v) is 11.5. The van der Waals surface area contributed by atoms with E-state index in [1.807, 2.05) is 12.1 Å². The quantitative estimate of drug-likeness (QED) is 0.490. The molecular formula is C20H21BrFN3O4S. The third-order valence-electron chi connectivity index (χ3n) is 4.85. The number of ether oxygens (including phenoxy) is 1. The Hall–Kier alpha value is -2.30. The minimum atomic E-state index is -3.71. The molecule has 0 aliphatic carbocycles. The predicted molar refractivity (Wildman–Crippen MR) is 114 cm³/mol. The first-order chi connectivity index (χ1) is 14.3. The van der Waals surface area contributed by atoms with Crippen LogP contribution in [0.4, 0.5) is 4.39 Å². The fraction of sp³-hybridized carbons (Fsp3) is 0.300. The van der Waals surface area contributed by atoms with Crippen molar-refractivity contribution in [3.8, 4) is 5.75 Å². The molecule has 0 unspecified atom stereocenters. The van der Waals surface area contributed by atoms with Gasteiger partial charge in [-0.25, -0.2) is 18.2 Å². The third kappa shape index (κ3) is 5.24. The smallest absolute Gasteiger partial charge is 0.243 e.